The number of thioether (sulfide) groups is 1. The van der Waals surface area contributed by atoms with E-state index in [1.54, 1.807) is 30.2 Å². The van der Waals surface area contributed by atoms with Crippen LogP contribution in [0.1, 0.15) is 11.3 Å². The SMILES string of the molecule is C=CCn1c(SCc2csc(-c3cccc(C)c3)n2)nnc1-c1ccc(OC)cc1. The zero-order valence-electron chi connectivity index (χ0n) is 16.9. The summed E-state index contributed by atoms with van der Waals surface area (Å²) in [5.41, 5.74) is 4.43. The van der Waals surface area contributed by atoms with Gasteiger partial charge in [0.1, 0.15) is 10.8 Å². The molecular formula is C23H22N4OS2. The van der Waals surface area contributed by atoms with E-state index >= 15 is 0 Å². The molecule has 0 aliphatic rings. The second-order valence-corrected chi connectivity index (χ2v) is 8.54. The third-order valence-electron chi connectivity index (χ3n) is 4.54. The summed E-state index contributed by atoms with van der Waals surface area (Å²) in [5.74, 6) is 2.37. The number of ether oxygens (including phenoxy) is 1. The van der Waals surface area contributed by atoms with Gasteiger partial charge in [-0.1, -0.05) is 41.6 Å². The molecule has 152 valence electrons. The molecule has 0 radical (unpaired) electrons. The fourth-order valence-electron chi connectivity index (χ4n) is 3.07. The highest BCUT2D eigenvalue weighted by Gasteiger charge is 2.15. The number of benzene rings is 2. The van der Waals surface area contributed by atoms with Crippen molar-refractivity contribution in [2.75, 3.05) is 7.11 Å². The van der Waals surface area contributed by atoms with Gasteiger partial charge in [-0.05, 0) is 37.3 Å². The van der Waals surface area contributed by atoms with Crippen molar-refractivity contribution in [3.8, 4) is 27.7 Å². The summed E-state index contributed by atoms with van der Waals surface area (Å²) >= 11 is 3.31. The van der Waals surface area contributed by atoms with E-state index in [2.05, 4.69) is 57.9 Å². The molecule has 0 spiro atoms. The van der Waals surface area contributed by atoms with Gasteiger partial charge in [0.2, 0.25) is 0 Å². The fourth-order valence-corrected chi connectivity index (χ4v) is 4.83. The van der Waals surface area contributed by atoms with Gasteiger partial charge in [0.05, 0.1) is 12.8 Å². The predicted octanol–water partition coefficient (Wildman–Crippen LogP) is 5.86. The third-order valence-corrected chi connectivity index (χ3v) is 6.48. The molecule has 0 amide bonds. The van der Waals surface area contributed by atoms with Gasteiger partial charge in [-0.15, -0.1) is 28.1 Å². The monoisotopic (exact) mass is 434 g/mol. The van der Waals surface area contributed by atoms with Crippen molar-refractivity contribution in [1.29, 1.82) is 0 Å². The minimum absolute atomic E-state index is 0.641. The highest BCUT2D eigenvalue weighted by Crippen LogP contribution is 2.30. The van der Waals surface area contributed by atoms with Gasteiger partial charge in [-0.25, -0.2) is 4.98 Å². The molecule has 4 rings (SSSR count). The van der Waals surface area contributed by atoms with Crippen LogP contribution >= 0.6 is 23.1 Å². The number of methoxy groups -OCH3 is 1. The normalized spacial score (nSPS) is 10.9. The first-order chi connectivity index (χ1) is 14.7. The zero-order valence-corrected chi connectivity index (χ0v) is 18.5. The summed E-state index contributed by atoms with van der Waals surface area (Å²) in [6, 6.07) is 16.3. The molecule has 2 aromatic heterocycles. The van der Waals surface area contributed by atoms with Crippen molar-refractivity contribution in [3.05, 3.63) is 77.8 Å². The summed E-state index contributed by atoms with van der Waals surface area (Å²) in [5, 5.41) is 12.8. The summed E-state index contributed by atoms with van der Waals surface area (Å²) in [6.45, 7) is 6.62. The van der Waals surface area contributed by atoms with Gasteiger partial charge in [-0.3, -0.25) is 4.57 Å². The Morgan fingerprint density at radius 2 is 1.97 bits per heavy atom. The van der Waals surface area contributed by atoms with Gasteiger partial charge in [-0.2, -0.15) is 0 Å². The Morgan fingerprint density at radius 1 is 1.13 bits per heavy atom. The van der Waals surface area contributed by atoms with E-state index in [4.69, 9.17) is 9.72 Å². The predicted molar refractivity (Wildman–Crippen MR) is 124 cm³/mol. The largest absolute Gasteiger partial charge is 0.497 e. The lowest BCUT2D eigenvalue weighted by atomic mass is 10.1. The molecule has 0 aliphatic heterocycles. The van der Waals surface area contributed by atoms with Crippen molar-refractivity contribution in [2.45, 2.75) is 24.4 Å². The molecule has 0 unspecified atom stereocenters. The number of allylic oxidation sites excluding steroid dienone is 1. The molecule has 7 heteroatoms. The first-order valence-corrected chi connectivity index (χ1v) is 11.4. The maximum Gasteiger partial charge on any atom is 0.192 e. The van der Waals surface area contributed by atoms with Crippen LogP contribution in [0.25, 0.3) is 22.0 Å². The van der Waals surface area contributed by atoms with Crippen molar-refractivity contribution in [2.24, 2.45) is 0 Å². The molecule has 30 heavy (non-hydrogen) atoms. The Labute approximate surface area is 184 Å². The molecule has 0 bridgehead atoms. The number of nitrogens with zero attached hydrogens (tertiary/aromatic N) is 4. The van der Waals surface area contributed by atoms with Crippen LogP contribution in [0.5, 0.6) is 5.75 Å². The smallest absolute Gasteiger partial charge is 0.192 e. The van der Waals surface area contributed by atoms with Crippen LogP contribution in [0.3, 0.4) is 0 Å². The van der Waals surface area contributed by atoms with E-state index in [9.17, 15) is 0 Å². The highest BCUT2D eigenvalue weighted by molar-refractivity contribution is 7.98. The molecule has 0 aliphatic carbocycles. The van der Waals surface area contributed by atoms with E-state index < -0.39 is 0 Å². The second kappa shape index (κ2) is 9.28. The van der Waals surface area contributed by atoms with E-state index in [1.807, 2.05) is 30.3 Å². The van der Waals surface area contributed by atoms with Crippen molar-refractivity contribution in [1.82, 2.24) is 19.7 Å². The summed E-state index contributed by atoms with van der Waals surface area (Å²) < 4.78 is 7.32. The Morgan fingerprint density at radius 3 is 2.70 bits per heavy atom. The number of hydrogen-bond acceptors (Lipinski definition) is 6. The molecule has 0 fully saturated rings. The topological polar surface area (TPSA) is 52.8 Å². The molecule has 0 saturated heterocycles. The number of hydrogen-bond donors (Lipinski definition) is 0. The van der Waals surface area contributed by atoms with Crippen LogP contribution in [0.15, 0.2) is 71.7 Å². The van der Waals surface area contributed by atoms with Crippen molar-refractivity contribution < 1.29 is 4.74 Å². The van der Waals surface area contributed by atoms with Crippen LogP contribution in [0.2, 0.25) is 0 Å². The molecule has 2 heterocycles. The first kappa shape index (κ1) is 20.4. The standard InChI is InChI=1S/C23H22N4OS2/c1-4-12-27-21(17-8-10-20(28-3)11-9-17)25-26-23(27)30-15-19-14-29-22(24-19)18-7-5-6-16(2)13-18/h4-11,13-14H,1,12,15H2,2-3H3. The lowest BCUT2D eigenvalue weighted by molar-refractivity contribution is 0.415. The summed E-state index contributed by atoms with van der Waals surface area (Å²) in [7, 11) is 1.66. The molecule has 0 atom stereocenters. The molecular weight excluding hydrogens is 412 g/mol. The summed E-state index contributed by atoms with van der Waals surface area (Å²) in [6.07, 6.45) is 1.86. The van der Waals surface area contributed by atoms with Crippen LogP contribution in [0, 0.1) is 6.92 Å². The van der Waals surface area contributed by atoms with Crippen LogP contribution in [-0.4, -0.2) is 26.9 Å². The Bertz CT molecular complexity index is 1150. The maximum atomic E-state index is 5.25. The minimum atomic E-state index is 0.641. The molecule has 5 nitrogen and oxygen atoms in total. The van der Waals surface area contributed by atoms with E-state index in [0.717, 1.165) is 44.3 Å². The Kier molecular flexibility index (Phi) is 6.30. The number of aryl methyl sites for hydroxylation is 1. The van der Waals surface area contributed by atoms with Crippen molar-refractivity contribution >= 4 is 23.1 Å². The third kappa shape index (κ3) is 4.47. The fraction of sp³-hybridized carbons (Fsp3) is 0.174. The average Bonchev–Trinajstić information content (AvgIpc) is 3.40. The summed E-state index contributed by atoms with van der Waals surface area (Å²) in [4.78, 5) is 4.80. The van der Waals surface area contributed by atoms with E-state index in [-0.39, 0.29) is 0 Å². The molecule has 0 saturated carbocycles. The number of aromatic nitrogens is 4. The zero-order chi connectivity index (χ0) is 20.9. The van der Waals surface area contributed by atoms with Crippen molar-refractivity contribution in [3.63, 3.8) is 0 Å². The molecule has 0 N–H and O–H groups in total. The van der Waals surface area contributed by atoms with Crippen LogP contribution in [-0.2, 0) is 12.3 Å². The minimum Gasteiger partial charge on any atom is -0.497 e. The van der Waals surface area contributed by atoms with Gasteiger partial charge in [0, 0.05) is 28.8 Å². The number of thiazole rings is 1. The lowest BCUT2D eigenvalue weighted by Gasteiger charge is -2.08. The van der Waals surface area contributed by atoms with Gasteiger partial charge < -0.3 is 4.74 Å². The van der Waals surface area contributed by atoms with Gasteiger partial charge in [0.15, 0.2) is 11.0 Å². The lowest BCUT2D eigenvalue weighted by Crippen LogP contribution is -2.00. The van der Waals surface area contributed by atoms with E-state index in [0.29, 0.717) is 6.54 Å². The first-order valence-electron chi connectivity index (χ1n) is 9.50. The molecule has 2 aromatic carbocycles. The highest BCUT2D eigenvalue weighted by atomic mass is 32.2. The average molecular weight is 435 g/mol. The quantitative estimate of drug-likeness (QED) is 0.257. The second-order valence-electron chi connectivity index (χ2n) is 6.74. The van der Waals surface area contributed by atoms with Crippen LogP contribution < -0.4 is 4.74 Å². The van der Waals surface area contributed by atoms with Gasteiger partial charge in [0.25, 0.3) is 0 Å². The van der Waals surface area contributed by atoms with Crippen LogP contribution in [0.4, 0.5) is 0 Å². The Balaban J connectivity index is 1.52. The van der Waals surface area contributed by atoms with Gasteiger partial charge >= 0.3 is 0 Å². The number of rotatable bonds is 8. The Hall–Kier alpha value is -2.90. The molecule has 4 aromatic rings. The van der Waals surface area contributed by atoms with E-state index in [1.165, 1.54) is 5.56 Å². The maximum absolute atomic E-state index is 5.25.